The minimum atomic E-state index is -4.87. The van der Waals surface area contributed by atoms with Crippen molar-refractivity contribution in [1.82, 2.24) is 14.6 Å². The Morgan fingerprint density at radius 1 is 1.26 bits per heavy atom. The number of allylic oxidation sites excluding steroid dienone is 2. The smallest absolute Gasteiger partial charge is 0.419 e. The summed E-state index contributed by atoms with van der Waals surface area (Å²) in [7, 11) is 0. The van der Waals surface area contributed by atoms with Gasteiger partial charge in [0.1, 0.15) is 30.1 Å². The molecule has 9 heteroatoms. The van der Waals surface area contributed by atoms with Gasteiger partial charge in [-0.15, -0.1) is 0 Å². The van der Waals surface area contributed by atoms with E-state index in [4.69, 9.17) is 4.74 Å². The fourth-order valence-electron chi connectivity index (χ4n) is 3.12. The van der Waals surface area contributed by atoms with E-state index in [9.17, 15) is 22.4 Å². The molecule has 0 aliphatic rings. The highest BCUT2D eigenvalue weighted by Gasteiger charge is 2.34. The number of aromatic nitrogens is 3. The lowest BCUT2D eigenvalue weighted by Crippen LogP contribution is -2.09. The molecule has 3 rings (SSSR count). The number of nitrogens with zero attached hydrogens (tertiary/aromatic N) is 3. The molecule has 0 aliphatic heterocycles. The van der Waals surface area contributed by atoms with Crippen LogP contribution in [-0.4, -0.2) is 27.5 Å². The van der Waals surface area contributed by atoms with Gasteiger partial charge in [-0.3, -0.25) is 4.79 Å². The second-order valence-corrected chi connectivity index (χ2v) is 6.59. The van der Waals surface area contributed by atoms with Crippen LogP contribution in [0.25, 0.3) is 16.9 Å². The number of carbonyl (C=O) groups is 1. The third-order valence-electron chi connectivity index (χ3n) is 4.48. The quantitative estimate of drug-likeness (QED) is 0.274. The minimum Gasteiger partial charge on any atom is -0.488 e. The van der Waals surface area contributed by atoms with E-state index in [2.05, 4.69) is 10.1 Å². The normalized spacial score (nSPS) is 12.6. The Hall–Kier alpha value is -3.49. The largest absolute Gasteiger partial charge is 0.488 e. The first-order valence-electron chi connectivity index (χ1n) is 9.43. The molecule has 0 amide bonds. The molecule has 0 bridgehead atoms. The van der Waals surface area contributed by atoms with Gasteiger partial charge in [-0.2, -0.15) is 18.3 Å². The number of alkyl halides is 3. The zero-order valence-electron chi connectivity index (χ0n) is 16.8. The molecule has 162 valence electrons. The Kier molecular flexibility index (Phi) is 6.53. The van der Waals surface area contributed by atoms with Gasteiger partial charge in [0.25, 0.3) is 0 Å². The molecule has 0 aliphatic carbocycles. The number of hydrogen-bond acceptors (Lipinski definition) is 4. The van der Waals surface area contributed by atoms with Crippen LogP contribution in [0.3, 0.4) is 0 Å². The first-order valence-corrected chi connectivity index (χ1v) is 9.43. The van der Waals surface area contributed by atoms with Gasteiger partial charge in [0.15, 0.2) is 11.9 Å². The summed E-state index contributed by atoms with van der Waals surface area (Å²) in [6.45, 7) is 3.96. The van der Waals surface area contributed by atoms with E-state index in [-0.39, 0.29) is 34.8 Å². The summed E-state index contributed by atoms with van der Waals surface area (Å²) in [6.07, 6.45) is 3.28. The highest BCUT2D eigenvalue weighted by molar-refractivity contribution is 5.90. The Balaban J connectivity index is 2.15. The molecule has 2 heterocycles. The SMILES string of the molecule is C/C=C\C(=C/CC)COc1cc(-c2ccc(F)c(C(F)(F)F)c2)n2ncnc2c1C=O. The van der Waals surface area contributed by atoms with Crippen molar-refractivity contribution >= 4 is 11.9 Å². The van der Waals surface area contributed by atoms with Gasteiger partial charge in [0.2, 0.25) is 0 Å². The average Bonchev–Trinajstić information content (AvgIpc) is 3.21. The van der Waals surface area contributed by atoms with Crippen molar-refractivity contribution in [2.45, 2.75) is 26.4 Å². The highest BCUT2D eigenvalue weighted by Crippen LogP contribution is 2.36. The van der Waals surface area contributed by atoms with Crippen LogP contribution < -0.4 is 4.74 Å². The molecule has 5 nitrogen and oxygen atoms in total. The number of carbonyl (C=O) groups excluding carboxylic acids is 1. The molecule has 0 spiro atoms. The maximum Gasteiger partial charge on any atom is 0.419 e. The summed E-state index contributed by atoms with van der Waals surface area (Å²) in [5, 5.41) is 4.01. The van der Waals surface area contributed by atoms with E-state index < -0.39 is 17.6 Å². The van der Waals surface area contributed by atoms with Crippen molar-refractivity contribution in [3.05, 3.63) is 71.3 Å². The zero-order valence-corrected chi connectivity index (χ0v) is 16.8. The maximum atomic E-state index is 13.7. The first kappa shape index (κ1) is 22.2. The topological polar surface area (TPSA) is 56.5 Å². The van der Waals surface area contributed by atoms with Crippen LogP contribution in [0.2, 0.25) is 0 Å². The van der Waals surface area contributed by atoms with Crippen molar-refractivity contribution in [2.24, 2.45) is 0 Å². The van der Waals surface area contributed by atoms with Crippen LogP contribution in [-0.2, 0) is 6.18 Å². The van der Waals surface area contributed by atoms with E-state index in [0.29, 0.717) is 12.4 Å². The van der Waals surface area contributed by atoms with E-state index in [0.717, 1.165) is 18.1 Å². The Morgan fingerprint density at radius 3 is 2.68 bits per heavy atom. The summed E-state index contributed by atoms with van der Waals surface area (Å²) in [4.78, 5) is 15.8. The molecule has 2 aromatic heterocycles. The van der Waals surface area contributed by atoms with Crippen molar-refractivity contribution < 1.29 is 27.1 Å². The van der Waals surface area contributed by atoms with Gasteiger partial charge in [-0.1, -0.05) is 25.2 Å². The lowest BCUT2D eigenvalue weighted by Gasteiger charge is -2.15. The van der Waals surface area contributed by atoms with Crippen LogP contribution in [0.5, 0.6) is 5.75 Å². The average molecular weight is 433 g/mol. The summed E-state index contributed by atoms with van der Waals surface area (Å²) >= 11 is 0. The number of hydrogen-bond donors (Lipinski definition) is 0. The number of ether oxygens (including phenoxy) is 1. The number of pyridine rings is 1. The fraction of sp³-hybridized carbons (Fsp3) is 0.227. The molecule has 0 N–H and O–H groups in total. The third kappa shape index (κ3) is 4.65. The summed E-state index contributed by atoms with van der Waals surface area (Å²) < 4.78 is 60.4. The van der Waals surface area contributed by atoms with Gasteiger partial charge in [0, 0.05) is 11.6 Å². The summed E-state index contributed by atoms with van der Waals surface area (Å²) in [5.74, 6) is -1.25. The lowest BCUT2D eigenvalue weighted by atomic mass is 10.1. The Morgan fingerprint density at radius 2 is 2.03 bits per heavy atom. The van der Waals surface area contributed by atoms with Crippen LogP contribution in [0, 0.1) is 5.82 Å². The number of benzene rings is 1. The van der Waals surface area contributed by atoms with E-state index in [1.807, 2.05) is 32.1 Å². The maximum absolute atomic E-state index is 13.7. The fourth-order valence-corrected chi connectivity index (χ4v) is 3.12. The lowest BCUT2D eigenvalue weighted by molar-refractivity contribution is -0.139. The molecular weight excluding hydrogens is 414 g/mol. The van der Waals surface area contributed by atoms with Crippen LogP contribution in [0.1, 0.15) is 36.2 Å². The number of rotatable bonds is 7. The first-order chi connectivity index (χ1) is 14.8. The van der Waals surface area contributed by atoms with Crippen LogP contribution in [0.4, 0.5) is 17.6 Å². The van der Waals surface area contributed by atoms with E-state index >= 15 is 0 Å². The van der Waals surface area contributed by atoms with E-state index in [1.165, 1.54) is 23.0 Å². The van der Waals surface area contributed by atoms with Crippen molar-refractivity contribution in [1.29, 1.82) is 0 Å². The summed E-state index contributed by atoms with van der Waals surface area (Å²) in [5.41, 5.74) is -0.0922. The monoisotopic (exact) mass is 433 g/mol. The molecule has 1 aromatic carbocycles. The third-order valence-corrected chi connectivity index (χ3v) is 4.48. The number of halogens is 4. The Bertz CT molecular complexity index is 1160. The molecule has 0 radical (unpaired) electrons. The molecule has 31 heavy (non-hydrogen) atoms. The number of aldehydes is 1. The van der Waals surface area contributed by atoms with Crippen molar-refractivity contribution in [3.63, 3.8) is 0 Å². The highest BCUT2D eigenvalue weighted by atomic mass is 19.4. The predicted molar refractivity (Wildman–Crippen MR) is 107 cm³/mol. The van der Waals surface area contributed by atoms with Gasteiger partial charge in [-0.05, 0) is 37.1 Å². The van der Waals surface area contributed by atoms with Crippen molar-refractivity contribution in [2.75, 3.05) is 6.61 Å². The second-order valence-electron chi connectivity index (χ2n) is 6.59. The molecule has 0 atom stereocenters. The standard InChI is InChI=1S/C22H19F4N3O2/c1-3-5-14(6-4-2)12-31-20-10-19(29-21(16(20)11-30)27-13-28-29)15-7-8-18(23)17(9-15)22(24,25)26/h3,5-11,13H,4,12H2,1-2H3/b5-3-,14-6+. The molecule has 3 aromatic rings. The van der Waals surface area contributed by atoms with Gasteiger partial charge < -0.3 is 4.74 Å². The molecular formula is C22H19F4N3O2. The number of fused-ring (bicyclic) bond motifs is 1. The second kappa shape index (κ2) is 9.11. The molecule has 0 saturated heterocycles. The zero-order chi connectivity index (χ0) is 22.6. The molecule has 0 fully saturated rings. The van der Waals surface area contributed by atoms with Gasteiger partial charge in [0.05, 0.1) is 11.3 Å². The van der Waals surface area contributed by atoms with E-state index in [1.54, 1.807) is 0 Å². The van der Waals surface area contributed by atoms with Gasteiger partial charge in [-0.25, -0.2) is 13.9 Å². The minimum absolute atomic E-state index is 0.0456. The van der Waals surface area contributed by atoms with Crippen molar-refractivity contribution in [3.8, 4) is 17.0 Å². The predicted octanol–water partition coefficient (Wildman–Crippen LogP) is 5.66. The molecule has 0 unspecified atom stereocenters. The molecule has 0 saturated carbocycles. The van der Waals surface area contributed by atoms with Crippen LogP contribution >= 0.6 is 0 Å². The summed E-state index contributed by atoms with van der Waals surface area (Å²) in [6, 6.07) is 4.03. The van der Waals surface area contributed by atoms with Crippen LogP contribution in [0.15, 0.2) is 54.4 Å². The Labute approximate surface area is 175 Å². The van der Waals surface area contributed by atoms with Gasteiger partial charge >= 0.3 is 6.18 Å².